The zero-order valence-electron chi connectivity index (χ0n) is 19.4. The summed E-state index contributed by atoms with van der Waals surface area (Å²) in [6, 6.07) is 1.58. The minimum Gasteiger partial charge on any atom is -0.206 e. The Morgan fingerprint density at radius 2 is 1.31 bits per heavy atom. The lowest BCUT2D eigenvalue weighted by Crippen LogP contribution is -2.25. The van der Waals surface area contributed by atoms with Crippen LogP contribution in [0, 0.1) is 35.3 Å². The maximum Gasteiger partial charge on any atom is 0.422 e. The van der Waals surface area contributed by atoms with Gasteiger partial charge in [-0.25, -0.2) is 8.78 Å². The van der Waals surface area contributed by atoms with E-state index in [2.05, 4.69) is 6.92 Å². The first kappa shape index (κ1) is 25.2. The quantitative estimate of drug-likeness (QED) is 0.358. The Bertz CT molecular complexity index is 740. The molecule has 2 aliphatic carbocycles. The van der Waals surface area contributed by atoms with E-state index in [4.69, 9.17) is 0 Å². The fourth-order valence-corrected chi connectivity index (χ4v) is 6.03. The van der Waals surface area contributed by atoms with Crippen LogP contribution in [0.1, 0.15) is 102 Å². The molecule has 0 N–H and O–H groups in total. The van der Waals surface area contributed by atoms with Crippen molar-refractivity contribution in [2.75, 3.05) is 0 Å². The van der Waals surface area contributed by atoms with Crippen LogP contribution in [0.2, 0.25) is 0 Å². The lowest BCUT2D eigenvalue weighted by atomic mass is 9.68. The molecule has 2 fully saturated rings. The molecule has 0 bridgehead atoms. The Hall–Kier alpha value is -1.39. The van der Waals surface area contributed by atoms with E-state index in [-0.39, 0.29) is 5.56 Å². The minimum absolute atomic E-state index is 0.176. The minimum atomic E-state index is -5.03. The topological polar surface area (TPSA) is 0 Å². The SMILES string of the molecule is CCCC1CCC(C2CCC(CC/C=C(\C)c3cc(F)c(C(F)(F)F)c(F)c3)CC2)CC1. The number of hydrogen-bond acceptors (Lipinski definition) is 0. The second kappa shape index (κ2) is 11.2. The van der Waals surface area contributed by atoms with Crippen molar-refractivity contribution in [1.82, 2.24) is 0 Å². The normalized spacial score (nSPS) is 27.5. The van der Waals surface area contributed by atoms with Crippen LogP contribution >= 0.6 is 0 Å². The molecule has 3 rings (SSSR count). The van der Waals surface area contributed by atoms with Crippen molar-refractivity contribution < 1.29 is 22.0 Å². The van der Waals surface area contributed by atoms with Gasteiger partial charge < -0.3 is 0 Å². The Balaban J connectivity index is 1.45. The molecule has 2 aliphatic rings. The first-order chi connectivity index (χ1) is 15.2. The van der Waals surface area contributed by atoms with E-state index in [1.54, 1.807) is 6.92 Å². The number of rotatable bonds is 7. The van der Waals surface area contributed by atoms with Gasteiger partial charge >= 0.3 is 6.18 Å². The highest BCUT2D eigenvalue weighted by Gasteiger charge is 2.38. The maximum atomic E-state index is 13.8. The molecule has 180 valence electrons. The van der Waals surface area contributed by atoms with Crippen molar-refractivity contribution in [3.63, 3.8) is 0 Å². The van der Waals surface area contributed by atoms with Crippen LogP contribution < -0.4 is 0 Å². The van der Waals surface area contributed by atoms with Crippen molar-refractivity contribution in [3.05, 3.63) is 41.0 Å². The maximum absolute atomic E-state index is 13.8. The molecule has 0 nitrogen and oxygen atoms in total. The van der Waals surface area contributed by atoms with Crippen LogP contribution in [0.3, 0.4) is 0 Å². The summed E-state index contributed by atoms with van der Waals surface area (Å²) in [6.45, 7) is 3.98. The fraction of sp³-hybridized carbons (Fsp3) is 0.704. The number of hydrogen-bond donors (Lipinski definition) is 0. The molecule has 5 heteroatoms. The third-order valence-corrected chi connectivity index (χ3v) is 7.95. The first-order valence-corrected chi connectivity index (χ1v) is 12.4. The van der Waals surface area contributed by atoms with Gasteiger partial charge in [0.05, 0.1) is 0 Å². The number of benzene rings is 1. The van der Waals surface area contributed by atoms with Crippen molar-refractivity contribution in [2.24, 2.45) is 23.7 Å². The molecule has 0 aromatic heterocycles. The van der Waals surface area contributed by atoms with Gasteiger partial charge in [0.1, 0.15) is 17.2 Å². The van der Waals surface area contributed by atoms with Crippen LogP contribution in [0.4, 0.5) is 22.0 Å². The molecule has 0 heterocycles. The summed E-state index contributed by atoms with van der Waals surface area (Å²) in [6.07, 6.45) is 12.1. The molecular formula is C27H37F5. The molecule has 0 aliphatic heterocycles. The van der Waals surface area contributed by atoms with E-state index in [0.717, 1.165) is 42.7 Å². The summed E-state index contributed by atoms with van der Waals surface area (Å²) >= 11 is 0. The van der Waals surface area contributed by atoms with Gasteiger partial charge in [0.2, 0.25) is 0 Å². The van der Waals surface area contributed by atoms with E-state index < -0.39 is 23.4 Å². The van der Waals surface area contributed by atoms with Gasteiger partial charge in [0.15, 0.2) is 0 Å². The zero-order chi connectivity index (χ0) is 23.3. The molecule has 0 saturated heterocycles. The Labute approximate surface area is 189 Å². The molecule has 0 spiro atoms. The van der Waals surface area contributed by atoms with Crippen molar-refractivity contribution in [1.29, 1.82) is 0 Å². The number of halogens is 5. The highest BCUT2D eigenvalue weighted by atomic mass is 19.4. The van der Waals surface area contributed by atoms with Gasteiger partial charge in [-0.2, -0.15) is 13.2 Å². The third kappa shape index (κ3) is 6.57. The zero-order valence-corrected chi connectivity index (χ0v) is 19.4. The van der Waals surface area contributed by atoms with Gasteiger partial charge in [-0.3, -0.25) is 0 Å². The molecule has 1 aromatic carbocycles. The van der Waals surface area contributed by atoms with Crippen molar-refractivity contribution >= 4 is 5.57 Å². The predicted octanol–water partition coefficient (Wildman–Crippen LogP) is 9.58. The predicted molar refractivity (Wildman–Crippen MR) is 120 cm³/mol. The Morgan fingerprint density at radius 3 is 1.75 bits per heavy atom. The third-order valence-electron chi connectivity index (χ3n) is 7.95. The second-order valence-corrected chi connectivity index (χ2v) is 10.1. The largest absolute Gasteiger partial charge is 0.422 e. The summed E-state index contributed by atoms with van der Waals surface area (Å²) < 4.78 is 65.9. The lowest BCUT2D eigenvalue weighted by Gasteiger charge is -2.38. The van der Waals surface area contributed by atoms with Crippen molar-refractivity contribution in [3.8, 4) is 0 Å². The van der Waals surface area contributed by atoms with E-state index in [1.807, 2.05) is 6.08 Å². The second-order valence-electron chi connectivity index (χ2n) is 10.1. The van der Waals surface area contributed by atoms with Gasteiger partial charge in [-0.1, -0.05) is 51.5 Å². The molecular weight excluding hydrogens is 419 g/mol. The molecule has 0 radical (unpaired) electrons. The highest BCUT2D eigenvalue weighted by molar-refractivity contribution is 5.64. The van der Waals surface area contributed by atoms with Gasteiger partial charge in [0.25, 0.3) is 0 Å². The van der Waals surface area contributed by atoms with Gasteiger partial charge in [-0.05, 0) is 92.4 Å². The smallest absolute Gasteiger partial charge is 0.206 e. The standard InChI is InChI=1S/C27H37F5/c1-3-5-19-8-12-21(13-9-19)22-14-10-20(11-15-22)7-4-6-18(2)23-16-24(28)26(25(29)17-23)27(30,31)32/h6,16-17,19-22H,3-5,7-15H2,1-2H3/b18-6+. The average Bonchev–Trinajstić information content (AvgIpc) is 2.73. The van der Waals surface area contributed by atoms with Crippen LogP contribution in [0.15, 0.2) is 18.2 Å². The van der Waals surface area contributed by atoms with Gasteiger partial charge in [0, 0.05) is 0 Å². The molecule has 0 amide bonds. The lowest BCUT2D eigenvalue weighted by molar-refractivity contribution is -0.142. The summed E-state index contributed by atoms with van der Waals surface area (Å²) in [5, 5.41) is 0. The van der Waals surface area contributed by atoms with Crippen LogP contribution in [0.5, 0.6) is 0 Å². The van der Waals surface area contributed by atoms with E-state index in [0.29, 0.717) is 11.5 Å². The number of allylic oxidation sites excluding steroid dienone is 2. The molecule has 1 aromatic rings. The van der Waals surface area contributed by atoms with E-state index in [1.165, 1.54) is 64.2 Å². The molecule has 0 atom stereocenters. The molecule has 2 saturated carbocycles. The van der Waals surface area contributed by atoms with Crippen LogP contribution in [-0.2, 0) is 6.18 Å². The monoisotopic (exact) mass is 456 g/mol. The van der Waals surface area contributed by atoms with Gasteiger partial charge in [-0.15, -0.1) is 0 Å². The Morgan fingerprint density at radius 1 is 0.844 bits per heavy atom. The Kier molecular flexibility index (Phi) is 8.80. The first-order valence-electron chi connectivity index (χ1n) is 12.4. The van der Waals surface area contributed by atoms with Crippen molar-refractivity contribution in [2.45, 2.75) is 97.1 Å². The summed E-state index contributed by atoms with van der Waals surface area (Å²) in [5.41, 5.74) is -1.02. The average molecular weight is 457 g/mol. The van der Waals surface area contributed by atoms with E-state index >= 15 is 0 Å². The molecule has 0 unspecified atom stereocenters. The summed E-state index contributed by atoms with van der Waals surface area (Å²) in [7, 11) is 0. The summed E-state index contributed by atoms with van der Waals surface area (Å²) in [5.74, 6) is 0.312. The van der Waals surface area contributed by atoms with Crippen LogP contribution in [0.25, 0.3) is 5.57 Å². The van der Waals surface area contributed by atoms with Crippen LogP contribution in [-0.4, -0.2) is 0 Å². The van der Waals surface area contributed by atoms with E-state index in [9.17, 15) is 22.0 Å². The molecule has 32 heavy (non-hydrogen) atoms. The summed E-state index contributed by atoms with van der Waals surface area (Å²) in [4.78, 5) is 0. The highest BCUT2D eigenvalue weighted by Crippen LogP contribution is 2.43. The fourth-order valence-electron chi connectivity index (χ4n) is 6.03. The number of alkyl halides is 3.